The zero-order chi connectivity index (χ0) is 21.2. The molecule has 29 heavy (non-hydrogen) atoms. The number of aromatic nitrogens is 4. The van der Waals surface area contributed by atoms with Crippen LogP contribution in [0.2, 0.25) is 0 Å². The van der Waals surface area contributed by atoms with Gasteiger partial charge in [0.25, 0.3) is 0 Å². The van der Waals surface area contributed by atoms with Gasteiger partial charge in [0.05, 0.1) is 11.4 Å². The molecule has 0 radical (unpaired) electrons. The Hall–Kier alpha value is -3.35. The Labute approximate surface area is 164 Å². The number of aromatic amines is 1. The first-order valence-corrected chi connectivity index (χ1v) is 10.1. The normalized spacial score (nSPS) is 11.4. The minimum Gasteiger partial charge on any atom is -0.327 e. The average molecular weight is 425 g/mol. The number of carbonyl (C=O) groups is 1. The van der Waals surface area contributed by atoms with Crippen molar-refractivity contribution in [3.63, 3.8) is 0 Å². The smallest absolute Gasteiger partial charge is 0.325 e. The molecule has 0 aliphatic heterocycles. The highest BCUT2D eigenvalue weighted by molar-refractivity contribution is 7.92. The number of anilines is 3. The maximum atomic E-state index is 14.6. The maximum absolute atomic E-state index is 14.6. The molecule has 2 heterocycles. The second kappa shape index (κ2) is 7.95. The number of H-pyrrole nitrogens is 1. The van der Waals surface area contributed by atoms with Gasteiger partial charge >= 0.3 is 6.03 Å². The van der Waals surface area contributed by atoms with Crippen LogP contribution in [0.4, 0.5) is 30.8 Å². The fraction of sp³-hybridized carbons (Fsp3) is 0.250. The fourth-order valence-corrected chi connectivity index (χ4v) is 3.65. The second-order valence-electron chi connectivity index (χ2n) is 6.03. The fourth-order valence-electron chi connectivity index (χ4n) is 2.52. The first-order chi connectivity index (χ1) is 13.7. The first kappa shape index (κ1) is 20.4. The molecule has 0 unspecified atom stereocenters. The van der Waals surface area contributed by atoms with E-state index in [1.54, 1.807) is 13.8 Å². The molecule has 0 aliphatic carbocycles. The van der Waals surface area contributed by atoms with E-state index in [1.165, 1.54) is 6.33 Å². The van der Waals surface area contributed by atoms with Crippen LogP contribution in [0.3, 0.4) is 0 Å². The number of rotatable bonds is 6. The predicted molar refractivity (Wildman–Crippen MR) is 103 cm³/mol. The number of carbonyl (C=O) groups excluding carboxylic acids is 1. The van der Waals surface area contributed by atoms with Crippen LogP contribution in [0.5, 0.6) is 0 Å². The Kier molecular flexibility index (Phi) is 5.59. The van der Waals surface area contributed by atoms with Gasteiger partial charge in [0, 0.05) is 0 Å². The number of urea groups is 1. The summed E-state index contributed by atoms with van der Waals surface area (Å²) in [5, 5.41) is 4.36. The van der Waals surface area contributed by atoms with Crippen molar-refractivity contribution < 1.29 is 22.0 Å². The molecule has 0 aliphatic rings. The van der Waals surface area contributed by atoms with Gasteiger partial charge in [-0.1, -0.05) is 6.92 Å². The van der Waals surface area contributed by atoms with Crippen LogP contribution < -0.4 is 15.4 Å². The summed E-state index contributed by atoms with van der Waals surface area (Å²) in [6.07, 6.45) is 1.49. The third-order valence-corrected chi connectivity index (χ3v) is 5.18. The van der Waals surface area contributed by atoms with Crippen molar-refractivity contribution in [3.05, 3.63) is 35.9 Å². The third kappa shape index (κ3) is 4.56. The van der Waals surface area contributed by atoms with Crippen molar-refractivity contribution in [3.8, 4) is 0 Å². The van der Waals surface area contributed by atoms with Crippen molar-refractivity contribution in [2.45, 2.75) is 20.3 Å². The van der Waals surface area contributed by atoms with Crippen LogP contribution in [-0.2, 0) is 10.0 Å². The van der Waals surface area contributed by atoms with E-state index in [4.69, 9.17) is 0 Å². The van der Waals surface area contributed by atoms with Crippen LogP contribution in [0.15, 0.2) is 18.5 Å². The van der Waals surface area contributed by atoms with Gasteiger partial charge in [0.15, 0.2) is 22.8 Å². The molecule has 2 aromatic heterocycles. The lowest BCUT2D eigenvalue weighted by Gasteiger charge is -2.13. The lowest BCUT2D eigenvalue weighted by molar-refractivity contribution is 0.262. The highest BCUT2D eigenvalue weighted by Crippen LogP contribution is 2.27. The molecule has 0 fully saturated rings. The van der Waals surface area contributed by atoms with E-state index in [2.05, 4.69) is 25.3 Å². The Morgan fingerprint density at radius 3 is 2.69 bits per heavy atom. The van der Waals surface area contributed by atoms with Gasteiger partial charge in [-0.05, 0) is 25.5 Å². The summed E-state index contributed by atoms with van der Waals surface area (Å²) in [4.78, 5) is 27.1. The number of nitrogens with zero attached hydrogens (tertiary/aromatic N) is 3. The summed E-state index contributed by atoms with van der Waals surface area (Å²) in [6, 6.07) is 0.765. The molecule has 3 rings (SSSR count). The maximum Gasteiger partial charge on any atom is 0.325 e. The Bertz CT molecular complexity index is 1180. The SMILES string of the molecule is CCCS(=O)(=O)Nc1ccc(F)c(NC(=O)Nc2ncnc3[nH]c(C)nc23)c1F. The molecule has 0 saturated heterocycles. The number of hydrogen-bond donors (Lipinski definition) is 4. The molecule has 2 amide bonds. The number of benzene rings is 1. The molecule has 0 atom stereocenters. The quantitative estimate of drug-likeness (QED) is 0.478. The summed E-state index contributed by atoms with van der Waals surface area (Å²) in [5.74, 6) is -2.02. The standard InChI is InChI=1S/C16H17F2N7O3S/c1-3-6-29(27,28)25-10-5-4-9(17)12(11(10)18)23-16(26)24-15-13-14(19-7-20-15)22-8(2)21-13/h4-5,7,25H,3,6H2,1-2H3,(H3,19,20,21,22,23,24,26). The van der Waals surface area contributed by atoms with Crippen molar-refractivity contribution in [2.75, 3.05) is 21.1 Å². The van der Waals surface area contributed by atoms with Crippen molar-refractivity contribution in [1.29, 1.82) is 0 Å². The van der Waals surface area contributed by atoms with Crippen LogP contribution >= 0.6 is 0 Å². The van der Waals surface area contributed by atoms with E-state index in [-0.39, 0.29) is 17.1 Å². The summed E-state index contributed by atoms with van der Waals surface area (Å²) in [6.45, 7) is 3.32. The molecule has 0 saturated carbocycles. The number of halogens is 2. The van der Waals surface area contributed by atoms with Crippen LogP contribution in [0.25, 0.3) is 11.2 Å². The molecular formula is C16H17F2N7O3S. The molecule has 13 heteroatoms. The van der Waals surface area contributed by atoms with Gasteiger partial charge in [0.2, 0.25) is 10.0 Å². The molecule has 154 valence electrons. The van der Waals surface area contributed by atoms with Crippen molar-refractivity contribution in [2.24, 2.45) is 0 Å². The largest absolute Gasteiger partial charge is 0.327 e. The number of amides is 2. The van der Waals surface area contributed by atoms with Crippen molar-refractivity contribution in [1.82, 2.24) is 19.9 Å². The van der Waals surface area contributed by atoms with E-state index >= 15 is 0 Å². The number of hydrogen-bond acceptors (Lipinski definition) is 6. The van der Waals surface area contributed by atoms with Gasteiger partial charge in [0.1, 0.15) is 23.7 Å². The van der Waals surface area contributed by atoms with E-state index in [0.29, 0.717) is 17.9 Å². The summed E-state index contributed by atoms with van der Waals surface area (Å²) >= 11 is 0. The average Bonchev–Trinajstić information content (AvgIpc) is 3.02. The lowest BCUT2D eigenvalue weighted by Crippen LogP contribution is -2.23. The Balaban J connectivity index is 1.83. The zero-order valence-electron chi connectivity index (χ0n) is 15.4. The number of aryl methyl sites for hydroxylation is 1. The molecule has 10 nitrogen and oxygen atoms in total. The predicted octanol–water partition coefficient (Wildman–Crippen LogP) is 2.74. The van der Waals surface area contributed by atoms with Crippen LogP contribution in [0, 0.1) is 18.6 Å². The Morgan fingerprint density at radius 2 is 1.97 bits per heavy atom. The van der Waals surface area contributed by atoms with E-state index in [1.807, 2.05) is 10.0 Å². The summed E-state index contributed by atoms with van der Waals surface area (Å²) in [5.41, 5.74) is -0.662. The Morgan fingerprint density at radius 1 is 1.21 bits per heavy atom. The zero-order valence-corrected chi connectivity index (χ0v) is 16.2. The minimum absolute atomic E-state index is 0.0254. The van der Waals surface area contributed by atoms with Gasteiger partial charge < -0.3 is 10.3 Å². The second-order valence-corrected chi connectivity index (χ2v) is 7.87. The van der Waals surface area contributed by atoms with Gasteiger partial charge in [-0.25, -0.2) is 36.9 Å². The van der Waals surface area contributed by atoms with E-state index in [0.717, 1.165) is 12.1 Å². The number of nitrogens with one attached hydrogen (secondary N) is 4. The summed E-state index contributed by atoms with van der Waals surface area (Å²) < 4.78 is 54.4. The van der Waals surface area contributed by atoms with E-state index < -0.39 is 39.1 Å². The van der Waals surface area contributed by atoms with Crippen molar-refractivity contribution >= 4 is 44.4 Å². The van der Waals surface area contributed by atoms with Crippen LogP contribution in [0.1, 0.15) is 19.2 Å². The monoisotopic (exact) mass is 425 g/mol. The molecule has 1 aromatic carbocycles. The van der Waals surface area contributed by atoms with Gasteiger partial charge in [-0.15, -0.1) is 0 Å². The first-order valence-electron chi connectivity index (χ1n) is 8.44. The number of imidazole rings is 1. The number of fused-ring (bicyclic) bond motifs is 1. The van der Waals surface area contributed by atoms with Gasteiger partial charge in [-0.2, -0.15) is 0 Å². The molecule has 0 spiro atoms. The molecule has 4 N–H and O–H groups in total. The van der Waals surface area contributed by atoms with Gasteiger partial charge in [-0.3, -0.25) is 10.0 Å². The highest BCUT2D eigenvalue weighted by Gasteiger charge is 2.20. The summed E-state index contributed by atoms with van der Waals surface area (Å²) in [7, 11) is -3.81. The third-order valence-electron chi connectivity index (χ3n) is 3.70. The molecular weight excluding hydrogens is 408 g/mol. The van der Waals surface area contributed by atoms with E-state index in [9.17, 15) is 22.0 Å². The number of sulfonamides is 1. The highest BCUT2D eigenvalue weighted by atomic mass is 32.2. The lowest BCUT2D eigenvalue weighted by atomic mass is 10.2. The minimum atomic E-state index is -3.81. The molecule has 0 bridgehead atoms. The molecule has 3 aromatic rings. The topological polar surface area (TPSA) is 142 Å². The van der Waals surface area contributed by atoms with Crippen LogP contribution in [-0.4, -0.2) is 40.1 Å².